The largest absolute Gasteiger partial charge is 0.324 e. The molecule has 0 spiro atoms. The molecule has 1 unspecified atom stereocenters. The van der Waals surface area contributed by atoms with E-state index in [1.54, 1.807) is 48.7 Å². The Kier molecular flexibility index (Phi) is 5.81. The van der Waals surface area contributed by atoms with Crippen LogP contribution in [0.2, 0.25) is 0 Å². The molecule has 1 amide bonds. The summed E-state index contributed by atoms with van der Waals surface area (Å²) in [5.74, 6) is -0.826. The number of carbonyl (C=O) groups is 3. The maximum absolute atomic E-state index is 13.2. The molecule has 4 aromatic rings. The van der Waals surface area contributed by atoms with Crippen LogP contribution in [0.5, 0.6) is 0 Å². The number of benzene rings is 3. The molecule has 1 aliphatic rings. The fourth-order valence-electron chi connectivity index (χ4n) is 4.22. The van der Waals surface area contributed by atoms with Crippen molar-refractivity contribution in [2.75, 3.05) is 11.9 Å². The molecule has 5 rings (SSSR count). The number of pyridine rings is 1. The van der Waals surface area contributed by atoms with Crippen LogP contribution in [0.1, 0.15) is 49.1 Å². The molecular formula is C28H21N3O3. The summed E-state index contributed by atoms with van der Waals surface area (Å²) in [4.78, 5) is 43.4. The zero-order valence-corrected chi connectivity index (χ0v) is 18.2. The number of ketones is 2. The lowest BCUT2D eigenvalue weighted by molar-refractivity contribution is -0.115. The topological polar surface area (TPSA) is 88.2 Å². The summed E-state index contributed by atoms with van der Waals surface area (Å²) in [7, 11) is 0. The Hall–Kier alpha value is -4.42. The third kappa shape index (κ3) is 4.02. The highest BCUT2D eigenvalue weighted by Gasteiger charge is 2.31. The number of nitrogens with one attached hydrogen (secondary N) is 2. The van der Waals surface area contributed by atoms with Crippen LogP contribution in [0.15, 0.2) is 97.2 Å². The maximum Gasteiger partial charge on any atom is 0.238 e. The molecule has 0 saturated heterocycles. The number of rotatable bonds is 6. The van der Waals surface area contributed by atoms with E-state index in [2.05, 4.69) is 15.6 Å². The van der Waals surface area contributed by atoms with Gasteiger partial charge in [0, 0.05) is 22.9 Å². The predicted molar refractivity (Wildman–Crippen MR) is 129 cm³/mol. The van der Waals surface area contributed by atoms with Crippen molar-refractivity contribution in [3.05, 3.63) is 131 Å². The number of aromatic nitrogens is 1. The first-order chi connectivity index (χ1) is 16.6. The van der Waals surface area contributed by atoms with Crippen molar-refractivity contribution < 1.29 is 14.4 Å². The highest BCUT2D eigenvalue weighted by molar-refractivity contribution is 6.30. The number of fused-ring (bicyclic) bond motifs is 2. The second-order valence-electron chi connectivity index (χ2n) is 7.96. The van der Waals surface area contributed by atoms with Gasteiger partial charge < -0.3 is 5.32 Å². The van der Waals surface area contributed by atoms with Crippen LogP contribution in [0.4, 0.5) is 5.69 Å². The van der Waals surface area contributed by atoms with Gasteiger partial charge in [-0.25, -0.2) is 0 Å². The van der Waals surface area contributed by atoms with Gasteiger partial charge in [-0.15, -0.1) is 0 Å². The van der Waals surface area contributed by atoms with Crippen molar-refractivity contribution in [3.8, 4) is 0 Å². The standard InChI is InChI=1S/C28H21N3O3/c32-24(17-30-26(18-9-2-1-3-10-18)23-14-6-7-16-29-23)31-22-15-8-13-21-25(22)28(34)20-12-5-4-11-19(20)27(21)33/h1-16,26,30H,17H2,(H,31,32). The minimum absolute atomic E-state index is 0.0154. The summed E-state index contributed by atoms with van der Waals surface area (Å²) < 4.78 is 0. The maximum atomic E-state index is 13.2. The van der Waals surface area contributed by atoms with Gasteiger partial charge in [0.05, 0.1) is 29.5 Å². The molecule has 1 atom stereocenters. The lowest BCUT2D eigenvalue weighted by atomic mass is 9.83. The molecule has 6 heteroatoms. The van der Waals surface area contributed by atoms with Gasteiger partial charge in [-0.1, -0.05) is 72.8 Å². The normalized spacial score (nSPS) is 13.1. The third-order valence-electron chi connectivity index (χ3n) is 5.81. The second kappa shape index (κ2) is 9.21. The molecule has 0 bridgehead atoms. The first kappa shape index (κ1) is 21.4. The second-order valence-corrected chi connectivity index (χ2v) is 7.96. The van der Waals surface area contributed by atoms with Crippen LogP contribution in [0.25, 0.3) is 0 Å². The van der Waals surface area contributed by atoms with Crippen LogP contribution in [-0.2, 0) is 4.79 Å². The van der Waals surface area contributed by atoms with Crippen molar-refractivity contribution in [2.24, 2.45) is 0 Å². The third-order valence-corrected chi connectivity index (χ3v) is 5.81. The Bertz CT molecular complexity index is 1350. The van der Waals surface area contributed by atoms with Crippen molar-refractivity contribution >= 4 is 23.2 Å². The van der Waals surface area contributed by atoms with Crippen molar-refractivity contribution in [1.82, 2.24) is 10.3 Å². The summed E-state index contributed by atoms with van der Waals surface area (Å²) >= 11 is 0. The highest BCUT2D eigenvalue weighted by atomic mass is 16.2. The van der Waals surface area contributed by atoms with Gasteiger partial charge in [0.15, 0.2) is 11.6 Å². The lowest BCUT2D eigenvalue weighted by Gasteiger charge is -2.21. The van der Waals surface area contributed by atoms with Gasteiger partial charge in [-0.05, 0) is 23.8 Å². The fourth-order valence-corrected chi connectivity index (χ4v) is 4.22. The Balaban J connectivity index is 1.37. The number of anilines is 1. The van der Waals surface area contributed by atoms with E-state index < -0.39 is 0 Å². The van der Waals surface area contributed by atoms with E-state index in [4.69, 9.17) is 0 Å². The summed E-state index contributed by atoms with van der Waals surface area (Å²) in [6.45, 7) is -0.0154. The van der Waals surface area contributed by atoms with Gasteiger partial charge in [-0.2, -0.15) is 0 Å². The Morgan fingerprint density at radius 3 is 2.15 bits per heavy atom. The van der Waals surface area contributed by atoms with Crippen molar-refractivity contribution in [3.63, 3.8) is 0 Å². The lowest BCUT2D eigenvalue weighted by Crippen LogP contribution is -2.33. The van der Waals surface area contributed by atoms with Crippen LogP contribution in [0.3, 0.4) is 0 Å². The summed E-state index contributed by atoms with van der Waals surface area (Å²) in [6, 6.07) is 26.8. The average molecular weight is 447 g/mol. The molecule has 0 fully saturated rings. The predicted octanol–water partition coefficient (Wildman–Crippen LogP) is 4.17. The van der Waals surface area contributed by atoms with Gasteiger partial charge in [0.2, 0.25) is 5.91 Å². The first-order valence-electron chi connectivity index (χ1n) is 10.9. The van der Waals surface area contributed by atoms with E-state index in [9.17, 15) is 14.4 Å². The van der Waals surface area contributed by atoms with E-state index in [0.29, 0.717) is 22.4 Å². The molecule has 166 valence electrons. The van der Waals surface area contributed by atoms with Gasteiger partial charge in [0.25, 0.3) is 0 Å². The SMILES string of the molecule is O=C(CNC(c1ccccc1)c1ccccn1)Nc1cccc2c1C(=O)c1ccccc1C2=O. The number of amides is 1. The van der Waals surface area contributed by atoms with Gasteiger partial charge >= 0.3 is 0 Å². The van der Waals surface area contributed by atoms with E-state index in [-0.39, 0.29) is 35.6 Å². The molecule has 1 aliphatic carbocycles. The molecule has 1 aromatic heterocycles. The zero-order valence-electron chi connectivity index (χ0n) is 18.2. The molecule has 6 nitrogen and oxygen atoms in total. The molecule has 1 heterocycles. The molecule has 0 aliphatic heterocycles. The van der Waals surface area contributed by atoms with Gasteiger partial charge in [0.1, 0.15) is 0 Å². The fraction of sp³-hybridized carbons (Fsp3) is 0.0714. The van der Waals surface area contributed by atoms with Crippen LogP contribution in [-0.4, -0.2) is 29.0 Å². The number of nitrogens with zero attached hydrogens (tertiary/aromatic N) is 1. The first-order valence-corrected chi connectivity index (χ1v) is 10.9. The van der Waals surface area contributed by atoms with Crippen molar-refractivity contribution in [1.29, 1.82) is 0 Å². The minimum Gasteiger partial charge on any atom is -0.324 e. The molecular weight excluding hydrogens is 426 g/mol. The van der Waals surface area contributed by atoms with Crippen LogP contribution >= 0.6 is 0 Å². The molecule has 0 saturated carbocycles. The number of hydrogen-bond acceptors (Lipinski definition) is 5. The minimum atomic E-state index is -0.329. The van der Waals surface area contributed by atoms with Gasteiger partial charge in [-0.3, -0.25) is 24.7 Å². The highest BCUT2D eigenvalue weighted by Crippen LogP contribution is 2.32. The number of hydrogen-bond donors (Lipinski definition) is 2. The summed E-state index contributed by atoms with van der Waals surface area (Å²) in [6.07, 6.45) is 1.71. The van der Waals surface area contributed by atoms with E-state index in [1.165, 1.54) is 0 Å². The monoisotopic (exact) mass is 447 g/mol. The quantitative estimate of drug-likeness (QED) is 0.408. The molecule has 34 heavy (non-hydrogen) atoms. The van der Waals surface area contributed by atoms with Crippen LogP contribution < -0.4 is 10.6 Å². The smallest absolute Gasteiger partial charge is 0.238 e. The summed E-state index contributed by atoms with van der Waals surface area (Å²) in [5, 5.41) is 6.08. The number of carbonyl (C=O) groups excluding carboxylic acids is 3. The molecule has 3 aromatic carbocycles. The summed E-state index contributed by atoms with van der Waals surface area (Å²) in [5.41, 5.74) is 3.34. The molecule has 2 N–H and O–H groups in total. The Labute approximate surface area is 196 Å². The van der Waals surface area contributed by atoms with Crippen LogP contribution in [0, 0.1) is 0 Å². The average Bonchev–Trinajstić information content (AvgIpc) is 2.88. The Morgan fingerprint density at radius 2 is 1.41 bits per heavy atom. The van der Waals surface area contributed by atoms with E-state index >= 15 is 0 Å². The Morgan fingerprint density at radius 1 is 0.735 bits per heavy atom. The molecule has 0 radical (unpaired) electrons. The van der Waals surface area contributed by atoms with Crippen molar-refractivity contribution in [2.45, 2.75) is 6.04 Å². The zero-order chi connectivity index (χ0) is 23.5. The van der Waals surface area contributed by atoms with E-state index in [0.717, 1.165) is 11.3 Å². The van der Waals surface area contributed by atoms with E-state index in [1.807, 2.05) is 48.5 Å².